The second kappa shape index (κ2) is 8.65. The van der Waals surface area contributed by atoms with Gasteiger partial charge in [-0.05, 0) is 38.1 Å². The summed E-state index contributed by atoms with van der Waals surface area (Å²) in [7, 11) is -3.66. The number of fused-ring (bicyclic) bond motifs is 1. The summed E-state index contributed by atoms with van der Waals surface area (Å²) in [5.74, 6) is 1.30. The maximum atomic E-state index is 13.3. The van der Waals surface area contributed by atoms with Gasteiger partial charge in [-0.15, -0.1) is 0 Å². The van der Waals surface area contributed by atoms with Crippen LogP contribution in [0.4, 0.5) is 17.5 Å². The van der Waals surface area contributed by atoms with E-state index in [2.05, 4.69) is 28.9 Å². The number of aryl methyl sites for hydroxylation is 2. The fraction of sp³-hybridized carbons (Fsp3) is 0.273. The molecular weight excluding hydrogens is 458 g/mol. The maximum Gasteiger partial charge on any atom is 0.245 e. The third-order valence-electron chi connectivity index (χ3n) is 5.58. The summed E-state index contributed by atoms with van der Waals surface area (Å²) < 4.78 is 36.4. The second-order valence-corrected chi connectivity index (χ2v) is 10.4. The largest absolute Gasteiger partial charge is 0.354 e. The Hall–Kier alpha value is -3.15. The molecule has 1 N–H and O–H groups in total. The minimum atomic E-state index is -3.66. The highest BCUT2D eigenvalue weighted by molar-refractivity contribution is 7.89. The highest BCUT2D eigenvalue weighted by Crippen LogP contribution is 2.26. The van der Waals surface area contributed by atoms with Crippen LogP contribution in [-0.4, -0.2) is 57.6 Å². The van der Waals surface area contributed by atoms with Crippen LogP contribution in [-0.2, 0) is 10.0 Å². The van der Waals surface area contributed by atoms with Gasteiger partial charge in [0, 0.05) is 43.6 Å². The van der Waals surface area contributed by atoms with Crippen LogP contribution >= 0.6 is 11.7 Å². The van der Waals surface area contributed by atoms with Crippen molar-refractivity contribution in [3.8, 4) is 0 Å². The van der Waals surface area contributed by atoms with Crippen LogP contribution in [0, 0.1) is 13.8 Å². The molecule has 0 bridgehead atoms. The van der Waals surface area contributed by atoms with Crippen LogP contribution in [0.2, 0.25) is 0 Å². The first kappa shape index (κ1) is 21.7. The Morgan fingerprint density at radius 3 is 2.45 bits per heavy atom. The molecule has 9 nitrogen and oxygen atoms in total. The van der Waals surface area contributed by atoms with Gasteiger partial charge in [-0.2, -0.15) is 18.0 Å². The Morgan fingerprint density at radius 1 is 0.939 bits per heavy atom. The highest BCUT2D eigenvalue weighted by atomic mass is 32.2. The van der Waals surface area contributed by atoms with Crippen molar-refractivity contribution in [3.63, 3.8) is 0 Å². The lowest BCUT2D eigenvalue weighted by Gasteiger charge is -2.34. The number of nitrogens with one attached hydrogen (secondary N) is 1. The Kier molecular flexibility index (Phi) is 5.69. The molecule has 1 saturated heterocycles. The Labute approximate surface area is 196 Å². The molecule has 1 aliphatic rings. The molecule has 0 saturated carbocycles. The second-order valence-electron chi connectivity index (χ2n) is 7.96. The van der Waals surface area contributed by atoms with Crippen LogP contribution in [0.3, 0.4) is 0 Å². The maximum absolute atomic E-state index is 13.3. The fourth-order valence-electron chi connectivity index (χ4n) is 3.82. The van der Waals surface area contributed by atoms with Gasteiger partial charge in [0.1, 0.15) is 21.7 Å². The number of benzene rings is 2. The van der Waals surface area contributed by atoms with Crippen molar-refractivity contribution in [1.82, 2.24) is 23.0 Å². The molecule has 5 rings (SSSR count). The lowest BCUT2D eigenvalue weighted by Crippen LogP contribution is -2.49. The van der Waals surface area contributed by atoms with Crippen molar-refractivity contribution in [2.24, 2.45) is 0 Å². The topological polar surface area (TPSA) is 104 Å². The molecule has 33 heavy (non-hydrogen) atoms. The fourth-order valence-corrected chi connectivity index (χ4v) is 6.00. The van der Waals surface area contributed by atoms with Gasteiger partial charge in [0.2, 0.25) is 16.0 Å². The third-order valence-corrected chi connectivity index (χ3v) is 8.05. The lowest BCUT2D eigenvalue weighted by molar-refractivity contribution is 0.384. The zero-order valence-corrected chi connectivity index (χ0v) is 19.9. The van der Waals surface area contributed by atoms with Gasteiger partial charge < -0.3 is 10.2 Å². The molecule has 3 heterocycles. The van der Waals surface area contributed by atoms with E-state index in [1.807, 2.05) is 44.2 Å². The number of sulfonamides is 1. The van der Waals surface area contributed by atoms with E-state index in [1.165, 1.54) is 9.87 Å². The number of rotatable bonds is 5. The number of piperazine rings is 1. The smallest absolute Gasteiger partial charge is 0.245 e. The predicted octanol–water partition coefficient (Wildman–Crippen LogP) is 3.35. The summed E-state index contributed by atoms with van der Waals surface area (Å²) in [6.07, 6.45) is 0. The minimum Gasteiger partial charge on any atom is -0.354 e. The van der Waals surface area contributed by atoms with E-state index < -0.39 is 10.0 Å². The summed E-state index contributed by atoms with van der Waals surface area (Å²) in [6, 6.07) is 15.0. The van der Waals surface area contributed by atoms with Crippen molar-refractivity contribution in [2.75, 3.05) is 36.4 Å². The molecule has 0 spiro atoms. The molecule has 0 radical (unpaired) electrons. The summed E-state index contributed by atoms with van der Waals surface area (Å²) in [5.41, 5.74) is 3.97. The third kappa shape index (κ3) is 4.39. The molecule has 1 aliphatic heterocycles. The monoisotopic (exact) mass is 481 g/mol. The van der Waals surface area contributed by atoms with Gasteiger partial charge in [-0.3, -0.25) is 0 Å². The number of hydrogen-bond acceptors (Lipinski definition) is 9. The number of nitrogens with zero attached hydrogens (tertiary/aromatic N) is 6. The molecule has 0 aliphatic carbocycles. The predicted molar refractivity (Wildman–Crippen MR) is 130 cm³/mol. The zero-order chi connectivity index (χ0) is 23.0. The van der Waals surface area contributed by atoms with Gasteiger partial charge in [0.15, 0.2) is 0 Å². The van der Waals surface area contributed by atoms with Crippen molar-refractivity contribution >= 4 is 50.2 Å². The Morgan fingerprint density at radius 2 is 1.70 bits per heavy atom. The quantitative estimate of drug-likeness (QED) is 0.463. The summed E-state index contributed by atoms with van der Waals surface area (Å²) in [6.45, 7) is 5.75. The molecule has 170 valence electrons. The molecule has 4 aromatic rings. The summed E-state index contributed by atoms with van der Waals surface area (Å²) in [4.78, 5) is 11.5. The molecule has 0 atom stereocenters. The molecule has 0 unspecified atom stereocenters. The van der Waals surface area contributed by atoms with Crippen LogP contribution in [0.15, 0.2) is 53.4 Å². The van der Waals surface area contributed by atoms with E-state index in [-0.39, 0.29) is 4.90 Å². The van der Waals surface area contributed by atoms with E-state index in [1.54, 1.807) is 18.2 Å². The van der Waals surface area contributed by atoms with Crippen molar-refractivity contribution in [1.29, 1.82) is 0 Å². The van der Waals surface area contributed by atoms with Gasteiger partial charge in [0.25, 0.3) is 0 Å². The van der Waals surface area contributed by atoms with Crippen molar-refractivity contribution in [3.05, 3.63) is 59.8 Å². The Balaban J connectivity index is 1.32. The first-order valence-electron chi connectivity index (χ1n) is 10.6. The van der Waals surface area contributed by atoms with E-state index in [0.29, 0.717) is 43.2 Å². The van der Waals surface area contributed by atoms with Crippen LogP contribution < -0.4 is 10.2 Å². The lowest BCUT2D eigenvalue weighted by atomic mass is 10.2. The van der Waals surface area contributed by atoms with Gasteiger partial charge in [-0.25, -0.2) is 13.4 Å². The van der Waals surface area contributed by atoms with E-state index >= 15 is 0 Å². The summed E-state index contributed by atoms with van der Waals surface area (Å²) in [5, 5.41) is 3.25. The summed E-state index contributed by atoms with van der Waals surface area (Å²) >= 11 is 1.02. The molecular formula is C22H23N7O2S2. The molecule has 0 amide bonds. The average molecular weight is 482 g/mol. The van der Waals surface area contributed by atoms with Crippen molar-refractivity contribution < 1.29 is 8.42 Å². The first-order chi connectivity index (χ1) is 15.9. The van der Waals surface area contributed by atoms with Crippen LogP contribution in [0.5, 0.6) is 0 Å². The van der Waals surface area contributed by atoms with Gasteiger partial charge in [0.05, 0.1) is 11.7 Å². The molecule has 11 heteroatoms. The van der Waals surface area contributed by atoms with Gasteiger partial charge >= 0.3 is 0 Å². The minimum absolute atomic E-state index is 0.213. The van der Waals surface area contributed by atoms with E-state index in [0.717, 1.165) is 28.9 Å². The van der Waals surface area contributed by atoms with E-state index in [9.17, 15) is 8.42 Å². The molecule has 1 fully saturated rings. The van der Waals surface area contributed by atoms with Crippen LogP contribution in [0.25, 0.3) is 11.0 Å². The number of aromatic nitrogens is 4. The number of hydrogen-bond donors (Lipinski definition) is 1. The van der Waals surface area contributed by atoms with Gasteiger partial charge in [-0.1, -0.05) is 23.8 Å². The Bertz CT molecular complexity index is 1400. The molecule has 2 aromatic heterocycles. The zero-order valence-electron chi connectivity index (χ0n) is 18.3. The van der Waals surface area contributed by atoms with E-state index in [4.69, 9.17) is 0 Å². The average Bonchev–Trinajstić information content (AvgIpc) is 3.29. The SMILES string of the molecule is Cc1ccc(Nc2nc(C)cc(N3CCN(S(=O)(=O)c4cccc5nsnc45)CC3)n2)cc1. The number of anilines is 3. The van der Waals surface area contributed by atoms with Crippen molar-refractivity contribution in [2.45, 2.75) is 18.7 Å². The standard InChI is InChI=1S/C22H23N7O2S2/c1-15-6-8-17(9-7-15)24-22-23-16(2)14-20(25-22)28-10-12-29(13-11-28)33(30,31)19-5-3-4-18-21(19)27-32-26-18/h3-9,14H,10-13H2,1-2H3,(H,23,24,25). The van der Waals surface area contributed by atoms with Crippen LogP contribution in [0.1, 0.15) is 11.3 Å². The first-order valence-corrected chi connectivity index (χ1v) is 12.7. The normalized spacial score (nSPS) is 15.2. The highest BCUT2D eigenvalue weighted by Gasteiger charge is 2.31. The molecule has 2 aromatic carbocycles.